The van der Waals surface area contributed by atoms with Gasteiger partial charge < -0.3 is 21.3 Å². The van der Waals surface area contributed by atoms with Crippen molar-refractivity contribution in [3.63, 3.8) is 0 Å². The number of amides is 2. The van der Waals surface area contributed by atoms with Gasteiger partial charge in [-0.3, -0.25) is 0 Å². The largest absolute Gasteiger partial charge is 0.371 e. The Labute approximate surface area is 47.2 Å². The molecule has 50 valence electrons. The Morgan fingerprint density at radius 3 is 1.88 bits per heavy atom. The number of methoxy groups -OCH3 is 1. The van der Waals surface area contributed by atoms with Crippen LogP contribution in [0.5, 0.6) is 0 Å². The third kappa shape index (κ3) is 2520. The van der Waals surface area contributed by atoms with Gasteiger partial charge in [0, 0.05) is 7.11 Å². The van der Waals surface area contributed by atoms with Crippen LogP contribution in [0.4, 0.5) is 4.79 Å². The highest BCUT2D eigenvalue weighted by Crippen LogP contribution is 1.46. The number of urea groups is 1. The van der Waals surface area contributed by atoms with E-state index >= 15 is 0 Å². The van der Waals surface area contributed by atoms with Crippen molar-refractivity contribution in [2.75, 3.05) is 13.9 Å². The van der Waals surface area contributed by atoms with E-state index in [0.29, 0.717) is 0 Å². The third-order valence-electron chi connectivity index (χ3n) is 0.129. The quantitative estimate of drug-likeness (QED) is 0.373. The first-order valence-electron chi connectivity index (χ1n) is 1.79. The molecule has 0 aromatic heterocycles. The zero-order valence-corrected chi connectivity index (χ0v) is 4.63. The number of primary amides is 2. The van der Waals surface area contributed by atoms with Gasteiger partial charge in [-0.2, -0.15) is 0 Å². The van der Waals surface area contributed by atoms with Gasteiger partial charge >= 0.3 is 6.03 Å². The van der Waals surface area contributed by atoms with Gasteiger partial charge in [0.15, 0.2) is 0 Å². The van der Waals surface area contributed by atoms with Crippen LogP contribution in [0.2, 0.25) is 0 Å². The molecule has 0 aliphatic rings. The molecule has 2 amide bonds. The molecule has 0 unspecified atom stereocenters. The summed E-state index contributed by atoms with van der Waals surface area (Å²) in [5.74, 6) is 0. The number of nitrogens with two attached hydrogens (primary N) is 2. The molecule has 0 atom stereocenters. The predicted octanol–water partition coefficient (Wildman–Crippen LogP) is -1.39. The predicted molar refractivity (Wildman–Crippen MR) is 27.9 cm³/mol. The molecule has 0 rings (SSSR count). The first kappa shape index (κ1) is 10.2. The lowest BCUT2D eigenvalue weighted by Crippen LogP contribution is -2.18. The van der Waals surface area contributed by atoms with E-state index in [0.717, 1.165) is 0 Å². The topological polar surface area (TPSA) is 98.6 Å². The zero-order valence-electron chi connectivity index (χ0n) is 4.63. The van der Waals surface area contributed by atoms with Crippen molar-refractivity contribution in [2.45, 2.75) is 0 Å². The molecule has 0 saturated carbocycles. The molecule has 0 aliphatic heterocycles. The number of hydrogen-bond donors (Lipinski definition) is 3. The molecule has 0 radical (unpaired) electrons. The Morgan fingerprint density at radius 2 is 1.88 bits per heavy atom. The molecule has 8 heavy (non-hydrogen) atoms. The number of aliphatic hydroxyl groups excluding tert-OH is 1. The summed E-state index contributed by atoms with van der Waals surface area (Å²) in [6.45, 7) is -0.181. The van der Waals surface area contributed by atoms with Crippen LogP contribution in [0.3, 0.4) is 0 Å². The normalized spacial score (nSPS) is 6.75. The van der Waals surface area contributed by atoms with Crippen LogP contribution in [0.15, 0.2) is 0 Å². The number of carbonyl (C=O) groups excluding carboxylic acids is 1. The second-order valence-corrected chi connectivity index (χ2v) is 0.820. The van der Waals surface area contributed by atoms with E-state index in [4.69, 9.17) is 9.90 Å². The van der Waals surface area contributed by atoms with Crippen molar-refractivity contribution in [3.05, 3.63) is 0 Å². The third-order valence-corrected chi connectivity index (χ3v) is 0.129. The van der Waals surface area contributed by atoms with Gasteiger partial charge in [0.1, 0.15) is 6.79 Å². The minimum absolute atomic E-state index is 0.181. The van der Waals surface area contributed by atoms with Crippen LogP contribution in [0, 0.1) is 0 Å². The minimum Gasteiger partial charge on any atom is -0.371 e. The molecular weight excluding hydrogens is 112 g/mol. The van der Waals surface area contributed by atoms with Crippen LogP contribution >= 0.6 is 0 Å². The summed E-state index contributed by atoms with van der Waals surface area (Å²) < 4.78 is 4.10. The van der Waals surface area contributed by atoms with Crippen LogP contribution in [-0.2, 0) is 4.74 Å². The maximum atomic E-state index is 9.00. The Hall–Kier alpha value is -0.810. The molecule has 0 bridgehead atoms. The highest BCUT2D eigenvalue weighted by atomic mass is 16.6. The highest BCUT2D eigenvalue weighted by Gasteiger charge is 1.60. The zero-order chi connectivity index (χ0) is 6.99. The molecule has 0 aromatic carbocycles. The summed E-state index contributed by atoms with van der Waals surface area (Å²) in [6.07, 6.45) is 0. The van der Waals surface area contributed by atoms with E-state index in [1.54, 1.807) is 0 Å². The van der Waals surface area contributed by atoms with Crippen molar-refractivity contribution in [1.29, 1.82) is 0 Å². The number of rotatable bonds is 1. The van der Waals surface area contributed by atoms with Gasteiger partial charge in [-0.05, 0) is 0 Å². The standard InChI is InChI=1S/C2H6O2.CH4N2O/c1-4-2-3;2-1(3)4/h3H,2H2,1H3;(H4,2,3,4). The fraction of sp³-hybridized carbons (Fsp3) is 0.667. The summed E-state index contributed by atoms with van der Waals surface area (Å²) in [5.41, 5.74) is 8.50. The lowest BCUT2D eigenvalue weighted by Gasteiger charge is -1.76. The molecule has 0 aromatic rings. The Bertz CT molecular complexity index is 50.5. The lowest BCUT2D eigenvalue weighted by molar-refractivity contribution is 0.0325. The second kappa shape index (κ2) is 9.50. The van der Waals surface area contributed by atoms with Crippen molar-refractivity contribution in [2.24, 2.45) is 11.5 Å². The molecule has 5 nitrogen and oxygen atoms in total. The molecule has 0 spiro atoms. The van der Waals surface area contributed by atoms with E-state index in [2.05, 4.69) is 16.2 Å². The summed E-state index contributed by atoms with van der Waals surface area (Å²) in [6, 6.07) is -0.833. The Balaban J connectivity index is 0. The fourth-order valence-corrected chi connectivity index (χ4v) is 0. The molecule has 0 heterocycles. The fourth-order valence-electron chi connectivity index (χ4n) is 0. The van der Waals surface area contributed by atoms with Gasteiger partial charge in [0.2, 0.25) is 0 Å². The summed E-state index contributed by atoms with van der Waals surface area (Å²) >= 11 is 0. The number of carbonyl (C=O) groups is 1. The van der Waals surface area contributed by atoms with Gasteiger partial charge in [0.25, 0.3) is 0 Å². The van der Waals surface area contributed by atoms with Crippen molar-refractivity contribution in [3.8, 4) is 0 Å². The Morgan fingerprint density at radius 1 is 1.75 bits per heavy atom. The first-order valence-corrected chi connectivity index (χ1v) is 1.79. The van der Waals surface area contributed by atoms with E-state index in [1.807, 2.05) is 0 Å². The van der Waals surface area contributed by atoms with Crippen molar-refractivity contribution in [1.82, 2.24) is 0 Å². The average Bonchev–Trinajstić information content (AvgIpc) is 1.65. The van der Waals surface area contributed by atoms with Crippen LogP contribution in [0.1, 0.15) is 0 Å². The maximum absolute atomic E-state index is 9.00. The van der Waals surface area contributed by atoms with Gasteiger partial charge in [-0.15, -0.1) is 0 Å². The van der Waals surface area contributed by atoms with Crippen LogP contribution in [-0.4, -0.2) is 25.0 Å². The molecule has 0 saturated heterocycles. The number of hydrogen-bond acceptors (Lipinski definition) is 3. The molecular formula is C3H10N2O3. The molecule has 5 heteroatoms. The van der Waals surface area contributed by atoms with E-state index in [-0.39, 0.29) is 6.79 Å². The first-order chi connectivity index (χ1) is 3.65. The molecule has 5 N–H and O–H groups in total. The summed E-state index contributed by atoms with van der Waals surface area (Å²) in [7, 11) is 1.43. The van der Waals surface area contributed by atoms with E-state index in [1.165, 1.54) is 7.11 Å². The van der Waals surface area contributed by atoms with Crippen molar-refractivity contribution < 1.29 is 14.6 Å². The molecule has 0 aliphatic carbocycles. The lowest BCUT2D eigenvalue weighted by atomic mass is 11.2. The second-order valence-electron chi connectivity index (χ2n) is 0.820. The van der Waals surface area contributed by atoms with E-state index in [9.17, 15) is 0 Å². The summed E-state index contributed by atoms with van der Waals surface area (Å²) in [4.78, 5) is 9.00. The van der Waals surface area contributed by atoms with Crippen LogP contribution in [0.25, 0.3) is 0 Å². The maximum Gasteiger partial charge on any atom is 0.309 e. The monoisotopic (exact) mass is 122 g/mol. The highest BCUT2D eigenvalue weighted by molar-refractivity contribution is 5.69. The van der Waals surface area contributed by atoms with Gasteiger partial charge in [-0.1, -0.05) is 0 Å². The average molecular weight is 122 g/mol. The van der Waals surface area contributed by atoms with Crippen LogP contribution < -0.4 is 11.5 Å². The SMILES string of the molecule is COCO.NC(N)=O. The smallest absolute Gasteiger partial charge is 0.309 e. The number of aliphatic hydroxyl groups is 1. The van der Waals surface area contributed by atoms with E-state index < -0.39 is 6.03 Å². The van der Waals surface area contributed by atoms with Gasteiger partial charge in [0.05, 0.1) is 0 Å². The number of ether oxygens (including phenoxy) is 1. The van der Waals surface area contributed by atoms with Gasteiger partial charge in [-0.25, -0.2) is 4.79 Å². The molecule has 0 fully saturated rings. The summed E-state index contributed by atoms with van der Waals surface area (Å²) in [5, 5.41) is 7.65. The minimum atomic E-state index is -0.833. The Kier molecular flexibility index (Phi) is 12.1. The van der Waals surface area contributed by atoms with Crippen molar-refractivity contribution >= 4 is 6.03 Å².